The highest BCUT2D eigenvalue weighted by molar-refractivity contribution is 7.17. The fraction of sp³-hybridized carbons (Fsp3) is 0.476. The lowest BCUT2D eigenvalue weighted by Crippen LogP contribution is -2.30. The Morgan fingerprint density at radius 1 is 1.27 bits per heavy atom. The van der Waals surface area contributed by atoms with E-state index in [1.54, 1.807) is 13.8 Å². The van der Waals surface area contributed by atoms with E-state index in [-0.39, 0.29) is 12.3 Å². The van der Waals surface area contributed by atoms with Gasteiger partial charge in [-0.05, 0) is 51.5 Å². The fourth-order valence-corrected chi connectivity index (χ4v) is 4.65. The predicted octanol–water partition coefficient (Wildman–Crippen LogP) is 3.33. The molecule has 0 fully saturated rings. The lowest BCUT2D eigenvalue weighted by atomic mass is 9.88. The number of ether oxygens (including phenoxy) is 2. The number of thiophene rings is 1. The van der Waals surface area contributed by atoms with Gasteiger partial charge in [0, 0.05) is 11.1 Å². The Balaban J connectivity index is 1.75. The molecule has 0 saturated carbocycles. The van der Waals surface area contributed by atoms with Crippen molar-refractivity contribution in [1.82, 2.24) is 9.97 Å². The molecular weight excluding hydrogens is 406 g/mol. The van der Waals surface area contributed by atoms with E-state index in [0.29, 0.717) is 22.2 Å². The molecule has 0 aromatic carbocycles. The topological polar surface area (TPSA) is 107 Å². The summed E-state index contributed by atoms with van der Waals surface area (Å²) in [6.45, 7) is 7.38. The monoisotopic (exact) mass is 431 g/mol. The third-order valence-corrected chi connectivity index (χ3v) is 6.04. The van der Waals surface area contributed by atoms with Crippen molar-refractivity contribution in [2.24, 2.45) is 5.92 Å². The van der Waals surface area contributed by atoms with Crippen molar-refractivity contribution >= 4 is 34.2 Å². The average molecular weight is 432 g/mol. The summed E-state index contributed by atoms with van der Waals surface area (Å²) in [5.74, 6) is -1.19. The van der Waals surface area contributed by atoms with Crippen molar-refractivity contribution in [1.29, 1.82) is 0 Å². The number of hydrogen-bond donors (Lipinski definition) is 1. The molecule has 1 aliphatic rings. The van der Waals surface area contributed by atoms with Gasteiger partial charge >= 0.3 is 11.9 Å². The molecule has 0 radical (unpaired) electrons. The van der Waals surface area contributed by atoms with Crippen molar-refractivity contribution < 1.29 is 23.9 Å². The lowest BCUT2D eigenvalue weighted by Gasteiger charge is -2.18. The quantitative estimate of drug-likeness (QED) is 0.699. The van der Waals surface area contributed by atoms with Gasteiger partial charge in [-0.2, -0.15) is 0 Å². The maximum atomic E-state index is 12.7. The summed E-state index contributed by atoms with van der Waals surface area (Å²) in [4.78, 5) is 46.5. The fourth-order valence-electron chi connectivity index (χ4n) is 3.24. The van der Waals surface area contributed by atoms with E-state index in [2.05, 4.69) is 22.2 Å². The zero-order valence-electron chi connectivity index (χ0n) is 17.5. The van der Waals surface area contributed by atoms with Crippen LogP contribution in [-0.4, -0.2) is 40.5 Å². The third-order valence-electron chi connectivity index (χ3n) is 4.87. The molecule has 2 aromatic heterocycles. The van der Waals surface area contributed by atoms with Crippen LogP contribution in [0.2, 0.25) is 0 Å². The van der Waals surface area contributed by atoms with Gasteiger partial charge in [-0.1, -0.05) is 6.92 Å². The minimum Gasteiger partial charge on any atom is -0.462 e. The largest absolute Gasteiger partial charge is 0.462 e. The first kappa shape index (κ1) is 21.9. The van der Waals surface area contributed by atoms with Crippen LogP contribution in [-0.2, 0) is 27.1 Å². The normalized spacial score (nSPS) is 16.3. The summed E-state index contributed by atoms with van der Waals surface area (Å²) in [6, 6.07) is 0. The van der Waals surface area contributed by atoms with Gasteiger partial charge in [0.1, 0.15) is 5.00 Å². The number of carbonyl (C=O) groups excluding carboxylic acids is 3. The molecule has 1 aliphatic carbocycles. The van der Waals surface area contributed by atoms with Crippen molar-refractivity contribution in [3.63, 3.8) is 0 Å². The van der Waals surface area contributed by atoms with Crippen LogP contribution in [0.1, 0.15) is 64.2 Å². The third kappa shape index (κ3) is 4.84. The molecule has 2 heterocycles. The van der Waals surface area contributed by atoms with Crippen LogP contribution < -0.4 is 5.32 Å². The summed E-state index contributed by atoms with van der Waals surface area (Å²) >= 11 is 1.39. The Kier molecular flexibility index (Phi) is 6.81. The highest BCUT2D eigenvalue weighted by Crippen LogP contribution is 2.40. The number of nitrogens with zero attached hydrogens (tertiary/aromatic N) is 2. The second kappa shape index (κ2) is 9.34. The van der Waals surface area contributed by atoms with Crippen LogP contribution in [0.4, 0.5) is 5.00 Å². The highest BCUT2D eigenvalue weighted by atomic mass is 32.1. The maximum Gasteiger partial charge on any atom is 0.359 e. The number of anilines is 1. The molecule has 0 aliphatic heterocycles. The number of amides is 1. The van der Waals surface area contributed by atoms with E-state index in [1.165, 1.54) is 30.7 Å². The van der Waals surface area contributed by atoms with Gasteiger partial charge in [0.05, 0.1) is 24.1 Å². The molecule has 3 rings (SSSR count). The van der Waals surface area contributed by atoms with Crippen LogP contribution in [0.15, 0.2) is 12.4 Å². The van der Waals surface area contributed by atoms with Crippen molar-refractivity contribution in [3.05, 3.63) is 39.8 Å². The Bertz CT molecular complexity index is 954. The van der Waals surface area contributed by atoms with Crippen molar-refractivity contribution in [2.45, 2.75) is 53.1 Å². The van der Waals surface area contributed by atoms with E-state index >= 15 is 0 Å². The zero-order valence-corrected chi connectivity index (χ0v) is 18.3. The van der Waals surface area contributed by atoms with Crippen molar-refractivity contribution in [2.75, 3.05) is 11.9 Å². The molecule has 2 atom stereocenters. The van der Waals surface area contributed by atoms with Gasteiger partial charge < -0.3 is 14.8 Å². The minimum absolute atomic E-state index is 0.0213. The van der Waals surface area contributed by atoms with E-state index in [1.807, 2.05) is 0 Å². The predicted molar refractivity (Wildman–Crippen MR) is 112 cm³/mol. The van der Waals surface area contributed by atoms with Crippen LogP contribution in [0, 0.1) is 12.8 Å². The zero-order chi connectivity index (χ0) is 21.8. The molecule has 0 saturated heterocycles. The Morgan fingerprint density at radius 2 is 2.03 bits per heavy atom. The summed E-state index contributed by atoms with van der Waals surface area (Å²) in [5.41, 5.74) is 2.05. The smallest absolute Gasteiger partial charge is 0.359 e. The first-order chi connectivity index (χ1) is 14.3. The van der Waals surface area contributed by atoms with Crippen LogP contribution in [0.25, 0.3) is 0 Å². The first-order valence-corrected chi connectivity index (χ1v) is 10.7. The molecular formula is C21H25N3O5S. The second-order valence-electron chi connectivity index (χ2n) is 7.36. The van der Waals surface area contributed by atoms with Crippen molar-refractivity contribution in [3.8, 4) is 0 Å². The number of aromatic nitrogens is 2. The van der Waals surface area contributed by atoms with E-state index < -0.39 is 23.9 Å². The molecule has 2 aromatic rings. The Labute approximate surface area is 179 Å². The maximum absolute atomic E-state index is 12.7. The molecule has 160 valence electrons. The van der Waals surface area contributed by atoms with Crippen LogP contribution in [0.5, 0.6) is 0 Å². The molecule has 8 nitrogen and oxygen atoms in total. The number of aryl methyl sites for hydroxylation is 1. The number of fused-ring (bicyclic) bond motifs is 1. The molecule has 9 heteroatoms. The molecule has 0 spiro atoms. The van der Waals surface area contributed by atoms with Gasteiger partial charge in [0.2, 0.25) is 0 Å². The first-order valence-electron chi connectivity index (χ1n) is 9.92. The van der Waals surface area contributed by atoms with E-state index in [9.17, 15) is 14.4 Å². The Morgan fingerprint density at radius 3 is 2.70 bits per heavy atom. The average Bonchev–Trinajstić information content (AvgIpc) is 3.05. The van der Waals surface area contributed by atoms with Gasteiger partial charge in [-0.3, -0.25) is 9.78 Å². The number of hydrogen-bond acceptors (Lipinski definition) is 8. The molecule has 0 unspecified atom stereocenters. The SMILES string of the molecule is CCOC(=O)c1c(NC(=O)[C@H](C)OC(=O)c2cnc(C)cn2)sc2c1CC[C@@H](C)C2. The van der Waals surface area contributed by atoms with E-state index in [0.717, 1.165) is 29.7 Å². The number of carbonyl (C=O) groups is 3. The summed E-state index contributed by atoms with van der Waals surface area (Å²) < 4.78 is 10.4. The van der Waals surface area contributed by atoms with Gasteiger partial charge in [-0.25, -0.2) is 14.6 Å². The second-order valence-corrected chi connectivity index (χ2v) is 8.46. The molecule has 30 heavy (non-hydrogen) atoms. The number of nitrogens with one attached hydrogen (secondary N) is 1. The minimum atomic E-state index is -1.08. The summed E-state index contributed by atoms with van der Waals surface area (Å²) in [5, 5.41) is 3.19. The Hall–Kier alpha value is -2.81. The van der Waals surface area contributed by atoms with Crippen LogP contribution >= 0.6 is 11.3 Å². The van der Waals surface area contributed by atoms with Crippen LogP contribution in [0.3, 0.4) is 0 Å². The molecule has 0 bridgehead atoms. The van der Waals surface area contributed by atoms with Gasteiger partial charge in [-0.15, -0.1) is 11.3 Å². The number of rotatable bonds is 6. The van der Waals surface area contributed by atoms with Gasteiger partial charge in [0.15, 0.2) is 11.8 Å². The highest BCUT2D eigenvalue weighted by Gasteiger charge is 2.30. The number of esters is 2. The standard InChI is InChI=1S/C21H25N3O5S/c1-5-28-21(27)17-14-7-6-11(2)8-16(14)30-19(17)24-18(25)13(4)29-20(26)15-10-22-12(3)9-23-15/h9-11,13H,5-8H2,1-4H3,(H,24,25)/t11-,13+/m1/s1. The summed E-state index contributed by atoms with van der Waals surface area (Å²) in [6.07, 6.45) is 4.29. The molecule has 1 amide bonds. The van der Waals surface area contributed by atoms with E-state index in [4.69, 9.17) is 9.47 Å². The van der Waals surface area contributed by atoms with Gasteiger partial charge in [0.25, 0.3) is 5.91 Å². The lowest BCUT2D eigenvalue weighted by molar-refractivity contribution is -0.123. The molecule has 1 N–H and O–H groups in total. The summed E-state index contributed by atoms with van der Waals surface area (Å²) in [7, 11) is 0.